The third kappa shape index (κ3) is 4.35. The summed E-state index contributed by atoms with van der Waals surface area (Å²) in [4.78, 5) is 0. The average Bonchev–Trinajstić information content (AvgIpc) is 2.53. The maximum atomic E-state index is 6.10. The van der Waals surface area contributed by atoms with Gasteiger partial charge in [0.05, 0.1) is 11.2 Å². The third-order valence-electron chi connectivity index (χ3n) is 4.43. The van der Waals surface area contributed by atoms with Crippen LogP contribution in [0.1, 0.15) is 80.1 Å². The fourth-order valence-corrected chi connectivity index (χ4v) is 2.26. The van der Waals surface area contributed by atoms with E-state index >= 15 is 0 Å². The number of hydrogen-bond donors (Lipinski definition) is 0. The minimum atomic E-state index is -0.228. The Bertz CT molecular complexity index is 292. The lowest BCUT2D eigenvalue weighted by Gasteiger charge is -2.32. The average molecular weight is 266 g/mol. The van der Waals surface area contributed by atoms with Crippen molar-refractivity contribution < 1.29 is 9.31 Å². The highest BCUT2D eigenvalue weighted by atomic mass is 16.7. The summed E-state index contributed by atoms with van der Waals surface area (Å²) in [6.45, 7) is 12.9. The summed E-state index contributed by atoms with van der Waals surface area (Å²) in [6.07, 6.45) is 9.72. The summed E-state index contributed by atoms with van der Waals surface area (Å²) in [7, 11) is -0.152. The van der Waals surface area contributed by atoms with Gasteiger partial charge in [0.25, 0.3) is 0 Å². The van der Waals surface area contributed by atoms with E-state index in [1.807, 2.05) is 0 Å². The Morgan fingerprint density at radius 3 is 2.00 bits per heavy atom. The Labute approximate surface area is 120 Å². The highest BCUT2D eigenvalue weighted by Crippen LogP contribution is 2.39. The van der Waals surface area contributed by atoms with Crippen LogP contribution in [0.3, 0.4) is 0 Å². The highest BCUT2D eigenvalue weighted by Gasteiger charge is 2.51. The molecule has 1 aliphatic heterocycles. The minimum absolute atomic E-state index is 0.152. The second kappa shape index (κ2) is 6.94. The smallest absolute Gasteiger partial charge is 0.400 e. The molecule has 0 aromatic rings. The second-order valence-corrected chi connectivity index (χ2v) is 6.57. The maximum Gasteiger partial charge on any atom is 0.490 e. The molecule has 110 valence electrons. The molecule has 0 saturated carbocycles. The topological polar surface area (TPSA) is 18.5 Å². The van der Waals surface area contributed by atoms with Gasteiger partial charge in [-0.2, -0.15) is 0 Å². The Morgan fingerprint density at radius 1 is 0.947 bits per heavy atom. The van der Waals surface area contributed by atoms with E-state index in [0.717, 1.165) is 12.8 Å². The van der Waals surface area contributed by atoms with E-state index in [4.69, 9.17) is 9.31 Å². The lowest BCUT2D eigenvalue weighted by atomic mass is 9.76. The SMILES string of the molecule is CCCCCCC=C(CC)B1OC(C)(C)C(C)(C)O1. The van der Waals surface area contributed by atoms with Gasteiger partial charge in [0.1, 0.15) is 0 Å². The predicted molar refractivity (Wildman–Crippen MR) is 83.2 cm³/mol. The Kier molecular flexibility index (Phi) is 6.13. The van der Waals surface area contributed by atoms with Gasteiger partial charge in [-0.3, -0.25) is 0 Å². The molecule has 0 bridgehead atoms. The molecule has 0 aliphatic carbocycles. The standard InChI is InChI=1S/C16H31BO2/c1-7-9-10-11-12-13-14(8-2)17-18-15(3,4)16(5,6)19-17/h13H,7-12H2,1-6H3. The normalized spacial score (nSPS) is 22.0. The molecular formula is C16H31BO2. The maximum absolute atomic E-state index is 6.10. The monoisotopic (exact) mass is 266 g/mol. The second-order valence-electron chi connectivity index (χ2n) is 6.57. The van der Waals surface area contributed by atoms with Crippen LogP contribution >= 0.6 is 0 Å². The van der Waals surface area contributed by atoms with Crippen LogP contribution in [0.25, 0.3) is 0 Å². The minimum Gasteiger partial charge on any atom is -0.400 e. The molecule has 19 heavy (non-hydrogen) atoms. The molecule has 1 aliphatic rings. The lowest BCUT2D eigenvalue weighted by Crippen LogP contribution is -2.41. The molecule has 1 saturated heterocycles. The molecule has 0 atom stereocenters. The molecular weight excluding hydrogens is 235 g/mol. The van der Waals surface area contributed by atoms with Crippen LogP contribution in [0, 0.1) is 0 Å². The molecule has 1 heterocycles. The summed E-state index contributed by atoms with van der Waals surface area (Å²) < 4.78 is 12.2. The summed E-state index contributed by atoms with van der Waals surface area (Å²) in [5.74, 6) is 0. The van der Waals surface area contributed by atoms with Gasteiger partial charge in [-0.05, 0) is 52.4 Å². The van der Waals surface area contributed by atoms with E-state index in [0.29, 0.717) is 0 Å². The zero-order chi connectivity index (χ0) is 14.5. The van der Waals surface area contributed by atoms with Crippen molar-refractivity contribution in [1.82, 2.24) is 0 Å². The van der Waals surface area contributed by atoms with Crippen molar-refractivity contribution >= 4 is 7.12 Å². The van der Waals surface area contributed by atoms with Crippen molar-refractivity contribution in [3.8, 4) is 0 Å². The van der Waals surface area contributed by atoms with Crippen LogP contribution in [0.2, 0.25) is 0 Å². The largest absolute Gasteiger partial charge is 0.490 e. The molecule has 0 aromatic carbocycles. The van der Waals surface area contributed by atoms with Gasteiger partial charge in [-0.15, -0.1) is 0 Å². The van der Waals surface area contributed by atoms with Gasteiger partial charge in [-0.25, -0.2) is 0 Å². The molecule has 1 rings (SSSR count). The molecule has 3 heteroatoms. The molecule has 1 fully saturated rings. The molecule has 0 spiro atoms. The third-order valence-corrected chi connectivity index (χ3v) is 4.43. The summed E-state index contributed by atoms with van der Waals surface area (Å²) in [5, 5.41) is 0. The van der Waals surface area contributed by atoms with Crippen molar-refractivity contribution in [3.63, 3.8) is 0 Å². The van der Waals surface area contributed by atoms with Crippen LogP contribution in [0.15, 0.2) is 11.5 Å². The van der Waals surface area contributed by atoms with Gasteiger partial charge in [0.2, 0.25) is 0 Å². The van der Waals surface area contributed by atoms with Gasteiger partial charge in [0, 0.05) is 0 Å². The van der Waals surface area contributed by atoms with E-state index in [2.05, 4.69) is 47.6 Å². The van der Waals surface area contributed by atoms with Crippen molar-refractivity contribution in [2.45, 2.75) is 91.3 Å². The van der Waals surface area contributed by atoms with Crippen molar-refractivity contribution in [2.24, 2.45) is 0 Å². The number of hydrogen-bond acceptors (Lipinski definition) is 2. The van der Waals surface area contributed by atoms with E-state index in [1.165, 1.54) is 31.2 Å². The first-order valence-electron chi connectivity index (χ1n) is 7.88. The zero-order valence-corrected chi connectivity index (χ0v) is 13.7. The van der Waals surface area contributed by atoms with E-state index < -0.39 is 0 Å². The summed E-state index contributed by atoms with van der Waals surface area (Å²) in [5.41, 5.74) is 0.845. The quantitative estimate of drug-likeness (QED) is 0.480. The number of rotatable bonds is 7. The van der Waals surface area contributed by atoms with Crippen LogP contribution < -0.4 is 0 Å². The van der Waals surface area contributed by atoms with Gasteiger partial charge >= 0.3 is 7.12 Å². The van der Waals surface area contributed by atoms with Gasteiger partial charge < -0.3 is 9.31 Å². The molecule has 0 N–H and O–H groups in total. The number of allylic oxidation sites excluding steroid dienone is 2. The Morgan fingerprint density at radius 2 is 1.53 bits per heavy atom. The lowest BCUT2D eigenvalue weighted by molar-refractivity contribution is 0.00578. The predicted octanol–water partition coefficient (Wildman–Crippen LogP) is 4.92. The molecule has 0 unspecified atom stereocenters. The van der Waals surface area contributed by atoms with Crippen LogP contribution in [0.5, 0.6) is 0 Å². The van der Waals surface area contributed by atoms with E-state index in [9.17, 15) is 0 Å². The zero-order valence-electron chi connectivity index (χ0n) is 13.7. The summed E-state index contributed by atoms with van der Waals surface area (Å²) in [6, 6.07) is 0. The van der Waals surface area contributed by atoms with Gasteiger partial charge in [-0.1, -0.05) is 39.2 Å². The van der Waals surface area contributed by atoms with Crippen LogP contribution in [-0.4, -0.2) is 18.3 Å². The molecule has 0 aromatic heterocycles. The van der Waals surface area contributed by atoms with Crippen molar-refractivity contribution in [1.29, 1.82) is 0 Å². The van der Waals surface area contributed by atoms with Crippen LogP contribution in [0.4, 0.5) is 0 Å². The van der Waals surface area contributed by atoms with Gasteiger partial charge in [0.15, 0.2) is 0 Å². The summed E-state index contributed by atoms with van der Waals surface area (Å²) >= 11 is 0. The molecule has 0 amide bonds. The number of unbranched alkanes of at least 4 members (excludes halogenated alkanes) is 4. The molecule has 2 nitrogen and oxygen atoms in total. The first-order valence-corrected chi connectivity index (χ1v) is 7.88. The van der Waals surface area contributed by atoms with Crippen molar-refractivity contribution in [3.05, 3.63) is 11.5 Å². The first-order chi connectivity index (χ1) is 8.84. The molecule has 0 radical (unpaired) electrons. The highest BCUT2D eigenvalue weighted by molar-refractivity contribution is 6.54. The first kappa shape index (κ1) is 16.8. The van der Waals surface area contributed by atoms with Crippen molar-refractivity contribution in [2.75, 3.05) is 0 Å². The fourth-order valence-electron chi connectivity index (χ4n) is 2.26. The van der Waals surface area contributed by atoms with E-state index in [1.54, 1.807) is 0 Å². The Balaban J connectivity index is 2.55. The fraction of sp³-hybridized carbons (Fsp3) is 0.875. The van der Waals surface area contributed by atoms with E-state index in [-0.39, 0.29) is 18.3 Å². The van der Waals surface area contributed by atoms with Crippen LogP contribution in [-0.2, 0) is 9.31 Å². The Hall–Kier alpha value is -0.275.